The third kappa shape index (κ3) is 4.00. The zero-order valence-electron chi connectivity index (χ0n) is 11.9. The van der Waals surface area contributed by atoms with Crippen molar-refractivity contribution in [2.75, 3.05) is 11.9 Å². The molecule has 1 aliphatic carbocycles. The molecular formula is C15H18F2N2O3. The van der Waals surface area contributed by atoms with Gasteiger partial charge in [-0.05, 0) is 43.7 Å². The quantitative estimate of drug-likeness (QED) is 0.741. The molecule has 1 aliphatic rings. The molecule has 22 heavy (non-hydrogen) atoms. The maximum atomic E-state index is 13.4. The minimum absolute atomic E-state index is 0.125. The summed E-state index contributed by atoms with van der Waals surface area (Å²) in [5, 5.41) is 13.7. The largest absolute Gasteiger partial charge is 0.396 e. The van der Waals surface area contributed by atoms with Gasteiger partial charge in [0.2, 0.25) is 0 Å². The Morgan fingerprint density at radius 2 is 1.82 bits per heavy atom. The third-order valence-corrected chi connectivity index (χ3v) is 3.85. The number of hydrogen-bond donors (Lipinski definition) is 3. The first-order valence-corrected chi connectivity index (χ1v) is 7.18. The highest BCUT2D eigenvalue weighted by atomic mass is 19.2. The van der Waals surface area contributed by atoms with Crippen molar-refractivity contribution in [2.45, 2.75) is 31.7 Å². The fourth-order valence-electron chi connectivity index (χ4n) is 2.52. The lowest BCUT2D eigenvalue weighted by Crippen LogP contribution is -2.43. The van der Waals surface area contributed by atoms with Gasteiger partial charge in [0.15, 0.2) is 11.6 Å². The van der Waals surface area contributed by atoms with E-state index in [1.54, 1.807) is 0 Å². The number of amides is 2. The number of rotatable bonds is 3. The van der Waals surface area contributed by atoms with Gasteiger partial charge in [0.1, 0.15) is 0 Å². The second-order valence-corrected chi connectivity index (χ2v) is 5.43. The monoisotopic (exact) mass is 312 g/mol. The molecule has 0 unspecified atom stereocenters. The van der Waals surface area contributed by atoms with E-state index in [0.717, 1.165) is 18.9 Å². The summed E-state index contributed by atoms with van der Waals surface area (Å²) in [4.78, 5) is 23.5. The normalized spacial score (nSPS) is 21.2. The lowest BCUT2D eigenvalue weighted by molar-refractivity contribution is -0.136. The minimum atomic E-state index is -1.20. The SMILES string of the molecule is O=C(Nc1cccc(F)c1F)C(=O)NC1CCC(CO)CC1. The Hall–Kier alpha value is -2.02. The van der Waals surface area contributed by atoms with Crippen LogP contribution in [0.1, 0.15) is 25.7 Å². The summed E-state index contributed by atoms with van der Waals surface area (Å²) < 4.78 is 26.4. The van der Waals surface area contributed by atoms with Crippen molar-refractivity contribution in [1.29, 1.82) is 0 Å². The van der Waals surface area contributed by atoms with Crippen molar-refractivity contribution in [3.8, 4) is 0 Å². The standard InChI is InChI=1S/C15H18F2N2O3/c16-11-2-1-3-12(13(11)17)19-15(22)14(21)18-10-6-4-9(8-20)5-7-10/h1-3,9-10,20H,4-8H2,(H,18,21)(H,19,22). The van der Waals surface area contributed by atoms with Crippen LogP contribution < -0.4 is 10.6 Å². The Balaban J connectivity index is 1.87. The Morgan fingerprint density at radius 3 is 2.45 bits per heavy atom. The van der Waals surface area contributed by atoms with E-state index in [2.05, 4.69) is 10.6 Å². The lowest BCUT2D eigenvalue weighted by Gasteiger charge is -2.27. The molecule has 2 amide bonds. The number of carbonyl (C=O) groups is 2. The van der Waals surface area contributed by atoms with Crippen LogP contribution in [0.25, 0.3) is 0 Å². The topological polar surface area (TPSA) is 78.4 Å². The predicted octanol–water partition coefficient (Wildman–Crippen LogP) is 1.57. The number of aliphatic hydroxyl groups is 1. The maximum absolute atomic E-state index is 13.4. The number of anilines is 1. The summed E-state index contributed by atoms with van der Waals surface area (Å²) >= 11 is 0. The number of aliphatic hydroxyl groups excluding tert-OH is 1. The highest BCUT2D eigenvalue weighted by Crippen LogP contribution is 2.23. The van der Waals surface area contributed by atoms with Crippen LogP contribution in [0.2, 0.25) is 0 Å². The average Bonchev–Trinajstić information content (AvgIpc) is 2.52. The molecular weight excluding hydrogens is 294 g/mol. The van der Waals surface area contributed by atoms with Crippen LogP contribution in [0.3, 0.4) is 0 Å². The second kappa shape index (κ2) is 7.31. The molecule has 7 heteroatoms. The molecule has 0 bridgehead atoms. The fourth-order valence-corrected chi connectivity index (χ4v) is 2.52. The van der Waals surface area contributed by atoms with Crippen molar-refractivity contribution in [2.24, 2.45) is 5.92 Å². The minimum Gasteiger partial charge on any atom is -0.396 e. The van der Waals surface area contributed by atoms with Gasteiger partial charge >= 0.3 is 11.8 Å². The van der Waals surface area contributed by atoms with Crippen LogP contribution in [0.15, 0.2) is 18.2 Å². The molecule has 5 nitrogen and oxygen atoms in total. The molecule has 0 spiro atoms. The van der Waals surface area contributed by atoms with Gasteiger partial charge in [-0.2, -0.15) is 0 Å². The van der Waals surface area contributed by atoms with Crippen LogP contribution in [0.5, 0.6) is 0 Å². The molecule has 0 radical (unpaired) electrons. The van der Waals surface area contributed by atoms with Crippen molar-refractivity contribution in [3.05, 3.63) is 29.8 Å². The first-order valence-electron chi connectivity index (χ1n) is 7.18. The summed E-state index contributed by atoms with van der Waals surface area (Å²) in [5.74, 6) is -3.97. The van der Waals surface area contributed by atoms with Gasteiger partial charge in [-0.15, -0.1) is 0 Å². The summed E-state index contributed by atoms with van der Waals surface area (Å²) in [6.07, 6.45) is 2.92. The predicted molar refractivity (Wildman–Crippen MR) is 76.0 cm³/mol. The Bertz CT molecular complexity index is 558. The molecule has 0 atom stereocenters. The Morgan fingerprint density at radius 1 is 1.14 bits per heavy atom. The van der Waals surface area contributed by atoms with Gasteiger partial charge in [-0.1, -0.05) is 6.07 Å². The highest BCUT2D eigenvalue weighted by molar-refractivity contribution is 6.39. The van der Waals surface area contributed by atoms with E-state index in [4.69, 9.17) is 5.11 Å². The van der Waals surface area contributed by atoms with Crippen molar-refractivity contribution in [1.82, 2.24) is 5.32 Å². The zero-order valence-corrected chi connectivity index (χ0v) is 11.9. The molecule has 1 aromatic carbocycles. The number of benzene rings is 1. The van der Waals surface area contributed by atoms with Crippen LogP contribution in [-0.2, 0) is 9.59 Å². The van der Waals surface area contributed by atoms with Gasteiger partial charge < -0.3 is 15.7 Å². The van der Waals surface area contributed by atoms with E-state index in [-0.39, 0.29) is 24.3 Å². The van der Waals surface area contributed by atoms with Gasteiger partial charge in [-0.25, -0.2) is 8.78 Å². The first-order chi connectivity index (χ1) is 10.5. The van der Waals surface area contributed by atoms with Crippen LogP contribution >= 0.6 is 0 Å². The van der Waals surface area contributed by atoms with E-state index >= 15 is 0 Å². The summed E-state index contributed by atoms with van der Waals surface area (Å²) in [6, 6.07) is 3.20. The number of nitrogens with one attached hydrogen (secondary N) is 2. The first kappa shape index (κ1) is 16.4. The fraction of sp³-hybridized carbons (Fsp3) is 0.467. The number of hydrogen-bond acceptors (Lipinski definition) is 3. The van der Waals surface area contributed by atoms with E-state index in [1.807, 2.05) is 0 Å². The molecule has 0 aromatic heterocycles. The van der Waals surface area contributed by atoms with Gasteiger partial charge in [-0.3, -0.25) is 9.59 Å². The molecule has 0 heterocycles. The van der Waals surface area contributed by atoms with Crippen LogP contribution in [0.4, 0.5) is 14.5 Å². The smallest absolute Gasteiger partial charge is 0.313 e. The van der Waals surface area contributed by atoms with E-state index in [1.165, 1.54) is 12.1 Å². The molecule has 1 aromatic rings. The Kier molecular flexibility index (Phi) is 5.43. The van der Waals surface area contributed by atoms with E-state index in [9.17, 15) is 18.4 Å². The summed E-state index contributed by atoms with van der Waals surface area (Å²) in [7, 11) is 0. The van der Waals surface area contributed by atoms with Crippen LogP contribution in [-0.4, -0.2) is 29.6 Å². The van der Waals surface area contributed by atoms with Crippen LogP contribution in [0, 0.1) is 17.6 Å². The molecule has 1 saturated carbocycles. The molecule has 3 N–H and O–H groups in total. The molecule has 1 fully saturated rings. The zero-order chi connectivity index (χ0) is 16.1. The van der Waals surface area contributed by atoms with Gasteiger partial charge in [0.05, 0.1) is 5.69 Å². The molecule has 0 aliphatic heterocycles. The number of halogens is 2. The maximum Gasteiger partial charge on any atom is 0.313 e. The van der Waals surface area contributed by atoms with Crippen molar-refractivity contribution < 1.29 is 23.5 Å². The lowest BCUT2D eigenvalue weighted by atomic mass is 9.86. The average molecular weight is 312 g/mol. The highest BCUT2D eigenvalue weighted by Gasteiger charge is 2.24. The third-order valence-electron chi connectivity index (χ3n) is 3.85. The molecule has 120 valence electrons. The van der Waals surface area contributed by atoms with Crippen molar-refractivity contribution >= 4 is 17.5 Å². The van der Waals surface area contributed by atoms with Gasteiger partial charge in [0.25, 0.3) is 0 Å². The van der Waals surface area contributed by atoms with E-state index < -0.39 is 23.4 Å². The molecule has 0 saturated heterocycles. The molecule has 2 rings (SSSR count). The number of carbonyl (C=O) groups excluding carboxylic acids is 2. The summed E-state index contributed by atoms with van der Waals surface area (Å²) in [6.45, 7) is 0.125. The second-order valence-electron chi connectivity index (χ2n) is 5.43. The van der Waals surface area contributed by atoms with Gasteiger partial charge in [0, 0.05) is 12.6 Å². The summed E-state index contributed by atoms with van der Waals surface area (Å²) in [5.41, 5.74) is -0.371. The van der Waals surface area contributed by atoms with E-state index in [0.29, 0.717) is 12.8 Å². The van der Waals surface area contributed by atoms with Crippen molar-refractivity contribution in [3.63, 3.8) is 0 Å². The Labute approximate surface area is 126 Å².